The van der Waals surface area contributed by atoms with Gasteiger partial charge in [-0.15, -0.1) is 5.10 Å². The van der Waals surface area contributed by atoms with Gasteiger partial charge in [0.1, 0.15) is 5.82 Å². The molecule has 1 aliphatic rings. The molecule has 1 amide bonds. The van der Waals surface area contributed by atoms with Crippen molar-refractivity contribution in [3.63, 3.8) is 0 Å². The van der Waals surface area contributed by atoms with Gasteiger partial charge < -0.3 is 4.90 Å². The quantitative estimate of drug-likeness (QED) is 0.591. The molecule has 2 heterocycles. The fraction of sp³-hybridized carbons (Fsp3) is 0.300. The Bertz CT molecular complexity index is 1080. The normalized spacial score (nSPS) is 15.3. The van der Waals surface area contributed by atoms with Crippen molar-refractivity contribution in [2.75, 3.05) is 26.2 Å². The van der Waals surface area contributed by atoms with Crippen molar-refractivity contribution in [2.45, 2.75) is 12.7 Å². The first-order valence-electron chi connectivity index (χ1n) is 9.54. The minimum atomic E-state index is -4.60. The molecule has 1 aliphatic heterocycles. The van der Waals surface area contributed by atoms with Gasteiger partial charge in [0.15, 0.2) is 5.82 Å². The lowest BCUT2D eigenvalue weighted by atomic mass is 10.1. The second-order valence-corrected chi connectivity index (χ2v) is 7.10. The topological polar surface area (TPSA) is 67.2 Å². The van der Waals surface area contributed by atoms with E-state index in [-0.39, 0.29) is 18.7 Å². The number of amides is 1. The van der Waals surface area contributed by atoms with Crippen LogP contribution < -0.4 is 0 Å². The third kappa shape index (κ3) is 4.55. The molecule has 0 atom stereocenters. The van der Waals surface area contributed by atoms with Crippen LogP contribution in [0.4, 0.5) is 17.6 Å². The van der Waals surface area contributed by atoms with E-state index in [0.29, 0.717) is 31.1 Å². The van der Waals surface area contributed by atoms with Crippen molar-refractivity contribution in [2.24, 2.45) is 0 Å². The predicted octanol–water partition coefficient (Wildman–Crippen LogP) is 2.78. The van der Waals surface area contributed by atoms with Gasteiger partial charge in [-0.3, -0.25) is 9.69 Å². The first kappa shape index (κ1) is 20.9. The van der Waals surface area contributed by atoms with E-state index >= 15 is 0 Å². The molecule has 31 heavy (non-hydrogen) atoms. The molecule has 0 unspecified atom stereocenters. The number of carbonyl (C=O) groups excluding carboxylic acids is 1. The van der Waals surface area contributed by atoms with Crippen LogP contribution in [0, 0.1) is 5.82 Å². The highest BCUT2D eigenvalue weighted by atomic mass is 19.4. The van der Waals surface area contributed by atoms with Gasteiger partial charge in [-0.2, -0.15) is 17.9 Å². The number of carbonyl (C=O) groups is 1. The van der Waals surface area contributed by atoms with Gasteiger partial charge in [0.05, 0.1) is 23.4 Å². The van der Waals surface area contributed by atoms with Crippen LogP contribution in [0.5, 0.6) is 0 Å². The van der Waals surface area contributed by atoms with Crippen LogP contribution in [-0.4, -0.2) is 62.1 Å². The van der Waals surface area contributed by atoms with Gasteiger partial charge in [-0.05, 0) is 40.8 Å². The van der Waals surface area contributed by atoms with Crippen molar-refractivity contribution >= 4 is 5.91 Å². The van der Waals surface area contributed by atoms with E-state index in [1.165, 1.54) is 39.9 Å². The highest BCUT2D eigenvalue weighted by molar-refractivity contribution is 5.96. The summed E-state index contributed by atoms with van der Waals surface area (Å²) in [7, 11) is 0. The summed E-state index contributed by atoms with van der Waals surface area (Å²) in [6, 6.07) is 10.7. The fourth-order valence-corrected chi connectivity index (χ4v) is 3.51. The van der Waals surface area contributed by atoms with Gasteiger partial charge in [0.25, 0.3) is 5.91 Å². The maximum atomic E-state index is 13.5. The third-order valence-corrected chi connectivity index (χ3v) is 5.07. The average Bonchev–Trinajstić information content (AvgIpc) is 3.21. The fourth-order valence-electron chi connectivity index (χ4n) is 3.51. The third-order valence-electron chi connectivity index (χ3n) is 5.07. The smallest absolute Gasteiger partial charge is 0.336 e. The molecular weight excluding hydrogens is 416 g/mol. The number of alkyl halides is 3. The molecule has 2 aromatic carbocycles. The van der Waals surface area contributed by atoms with Crippen molar-refractivity contribution in [1.29, 1.82) is 0 Å². The largest absolute Gasteiger partial charge is 0.417 e. The molecule has 0 radical (unpaired) electrons. The number of halogens is 4. The standard InChI is InChI=1S/C20H18F4N6O/c21-14-4-3-5-15(12-14)30-18(25-26-27-30)13-28-8-10-29(11-9-28)19(31)16-6-1-2-7-17(16)20(22,23)24/h1-7,12H,8-11,13H2. The Labute approximate surface area is 174 Å². The van der Waals surface area contributed by atoms with E-state index in [4.69, 9.17) is 0 Å². The van der Waals surface area contributed by atoms with E-state index in [1.807, 2.05) is 4.90 Å². The Balaban J connectivity index is 1.42. The van der Waals surface area contributed by atoms with Gasteiger partial charge in [0.2, 0.25) is 0 Å². The lowest BCUT2D eigenvalue weighted by Crippen LogP contribution is -2.48. The maximum Gasteiger partial charge on any atom is 0.417 e. The van der Waals surface area contributed by atoms with Crippen molar-refractivity contribution < 1.29 is 22.4 Å². The summed E-state index contributed by atoms with van der Waals surface area (Å²) in [4.78, 5) is 16.1. The van der Waals surface area contributed by atoms with Crippen LogP contribution in [0.2, 0.25) is 0 Å². The van der Waals surface area contributed by atoms with Gasteiger partial charge >= 0.3 is 6.18 Å². The molecule has 0 bridgehead atoms. The number of hydrogen-bond acceptors (Lipinski definition) is 5. The summed E-state index contributed by atoms with van der Waals surface area (Å²) >= 11 is 0. The Morgan fingerprint density at radius 1 is 1.00 bits per heavy atom. The van der Waals surface area contributed by atoms with E-state index in [9.17, 15) is 22.4 Å². The zero-order valence-corrected chi connectivity index (χ0v) is 16.3. The van der Waals surface area contributed by atoms with Crippen molar-refractivity contribution in [3.05, 3.63) is 71.3 Å². The van der Waals surface area contributed by atoms with Crippen LogP contribution in [0.3, 0.4) is 0 Å². The molecule has 11 heteroatoms. The Kier molecular flexibility index (Phi) is 5.68. The minimum Gasteiger partial charge on any atom is -0.336 e. The summed E-state index contributed by atoms with van der Waals surface area (Å²) < 4.78 is 54.6. The molecule has 1 saturated heterocycles. The summed E-state index contributed by atoms with van der Waals surface area (Å²) in [5.74, 6) is -0.560. The maximum absolute atomic E-state index is 13.5. The SMILES string of the molecule is O=C(c1ccccc1C(F)(F)F)N1CCN(Cc2nnnn2-c2cccc(F)c2)CC1. The Hall–Kier alpha value is -3.34. The molecule has 0 N–H and O–H groups in total. The second-order valence-electron chi connectivity index (χ2n) is 7.10. The summed E-state index contributed by atoms with van der Waals surface area (Å²) in [6.07, 6.45) is -4.60. The van der Waals surface area contributed by atoms with E-state index in [0.717, 1.165) is 6.07 Å². The molecule has 0 saturated carbocycles. The van der Waals surface area contributed by atoms with E-state index in [1.54, 1.807) is 12.1 Å². The van der Waals surface area contributed by atoms with E-state index in [2.05, 4.69) is 15.5 Å². The molecule has 0 aliphatic carbocycles. The number of piperazine rings is 1. The van der Waals surface area contributed by atoms with Crippen LogP contribution in [0.25, 0.3) is 5.69 Å². The first-order valence-corrected chi connectivity index (χ1v) is 9.54. The monoisotopic (exact) mass is 434 g/mol. The molecule has 7 nitrogen and oxygen atoms in total. The summed E-state index contributed by atoms with van der Waals surface area (Å²) in [5.41, 5.74) is -0.798. The summed E-state index contributed by atoms with van der Waals surface area (Å²) in [5, 5.41) is 11.5. The Morgan fingerprint density at radius 2 is 1.74 bits per heavy atom. The first-order chi connectivity index (χ1) is 14.8. The van der Waals surface area contributed by atoms with Crippen molar-refractivity contribution in [3.8, 4) is 5.69 Å². The number of rotatable bonds is 4. The number of aromatic nitrogens is 4. The van der Waals surface area contributed by atoms with Gasteiger partial charge in [-0.25, -0.2) is 4.39 Å². The van der Waals surface area contributed by atoms with Crippen molar-refractivity contribution in [1.82, 2.24) is 30.0 Å². The molecule has 3 aromatic rings. The van der Waals surface area contributed by atoms with Crippen LogP contribution in [0.15, 0.2) is 48.5 Å². The zero-order valence-electron chi connectivity index (χ0n) is 16.3. The number of benzene rings is 2. The molecule has 162 valence electrons. The van der Waals surface area contributed by atoms with Crippen LogP contribution >= 0.6 is 0 Å². The minimum absolute atomic E-state index is 0.270. The molecular formula is C20H18F4N6O. The lowest BCUT2D eigenvalue weighted by Gasteiger charge is -2.34. The highest BCUT2D eigenvalue weighted by Gasteiger charge is 2.36. The molecule has 1 aromatic heterocycles. The van der Waals surface area contributed by atoms with Crippen LogP contribution in [-0.2, 0) is 12.7 Å². The second kappa shape index (κ2) is 8.42. The van der Waals surface area contributed by atoms with E-state index < -0.39 is 23.5 Å². The zero-order chi connectivity index (χ0) is 22.0. The molecule has 1 fully saturated rings. The predicted molar refractivity (Wildman–Crippen MR) is 102 cm³/mol. The molecule has 0 spiro atoms. The number of tetrazole rings is 1. The van der Waals surface area contributed by atoms with Gasteiger partial charge in [-0.1, -0.05) is 18.2 Å². The number of nitrogens with zero attached hydrogens (tertiary/aromatic N) is 6. The lowest BCUT2D eigenvalue weighted by molar-refractivity contribution is -0.138. The number of hydrogen-bond donors (Lipinski definition) is 0. The highest BCUT2D eigenvalue weighted by Crippen LogP contribution is 2.32. The van der Waals surface area contributed by atoms with Crippen LogP contribution in [0.1, 0.15) is 21.7 Å². The Morgan fingerprint density at radius 3 is 2.45 bits per heavy atom. The average molecular weight is 434 g/mol. The summed E-state index contributed by atoms with van der Waals surface area (Å²) in [6.45, 7) is 1.77. The van der Waals surface area contributed by atoms with Gasteiger partial charge in [0, 0.05) is 26.2 Å². The molecule has 4 rings (SSSR count).